The summed E-state index contributed by atoms with van der Waals surface area (Å²) in [6.07, 6.45) is 5.07. The molecule has 0 heterocycles. The Morgan fingerprint density at radius 1 is 1.27 bits per heavy atom. The Bertz CT molecular complexity index is 42.6. The van der Waals surface area contributed by atoms with Crippen molar-refractivity contribution in [3.05, 3.63) is 6.92 Å². The lowest BCUT2D eigenvalue weighted by atomic mass is 10.2. The lowest BCUT2D eigenvalue weighted by Gasteiger charge is -1.86. The van der Waals surface area contributed by atoms with Crippen LogP contribution in [0.4, 0.5) is 0 Å². The second-order valence-electron chi connectivity index (χ2n) is 2.57. The zero-order chi connectivity index (χ0) is 8.41. The third-order valence-corrected chi connectivity index (χ3v) is 0.854. The van der Waals surface area contributed by atoms with Crippen LogP contribution in [0, 0.1) is 6.92 Å². The van der Waals surface area contributed by atoms with Gasteiger partial charge in [-0.1, -0.05) is 51.1 Å². The fourth-order valence-corrected chi connectivity index (χ4v) is 0.427. The summed E-state index contributed by atoms with van der Waals surface area (Å²) in [7, 11) is 5.41. The van der Waals surface area contributed by atoms with Gasteiger partial charge < -0.3 is 0 Å². The number of unbranched alkanes of at least 4 members (excludes halogenated alkanes) is 3. The van der Waals surface area contributed by atoms with Gasteiger partial charge in [-0.15, -0.1) is 0 Å². The molecule has 0 bridgehead atoms. The monoisotopic (exact) mass is 207 g/mol. The zero-order valence-corrected chi connectivity index (χ0v) is 9.40. The van der Waals surface area contributed by atoms with Crippen LogP contribution in [0.5, 0.6) is 0 Å². The topological polar surface area (TPSA) is 0 Å². The summed E-state index contributed by atoms with van der Waals surface area (Å²) in [6.45, 7) is 5.93. The van der Waals surface area contributed by atoms with Gasteiger partial charge in [0.05, 0.1) is 0 Å². The van der Waals surface area contributed by atoms with Crippen molar-refractivity contribution in [2.24, 2.45) is 0 Å². The van der Waals surface area contributed by atoms with Gasteiger partial charge in [0, 0.05) is 0 Å². The molecule has 67 valence electrons. The Balaban J connectivity index is -0.000000114. The fraction of sp³-hybridized carbons (Fsp3) is 0.875. The molecule has 0 aliphatic heterocycles. The summed E-state index contributed by atoms with van der Waals surface area (Å²) in [6, 6.07) is 0. The highest BCUT2D eigenvalue weighted by Crippen LogP contribution is 1.95. The maximum Gasteiger partial charge on any atom is 0.393 e. The maximum atomic E-state index is 5.41. The predicted molar refractivity (Wildman–Crippen MR) is 62.8 cm³/mol. The van der Waals surface area contributed by atoms with Crippen LogP contribution in [-0.2, 0) is 0 Å². The molecule has 0 aliphatic carbocycles. The smallest absolute Gasteiger partial charge is 0.262 e. The Hall–Kier alpha value is 1.35. The standard InChI is InChI=1S/C6H13.2CH3.2Al.ClH.3H/c1-3-5-6-4-2;;;;;;;;/h1,3-6H2,2H3;2*1H3;;;1H;;;/q;;;;+1;;;;/p-1. The summed E-state index contributed by atoms with van der Waals surface area (Å²) >= 11 is -0.667. The molecule has 0 fully saturated rings. The van der Waals surface area contributed by atoms with Crippen LogP contribution in [0.15, 0.2) is 0 Å². The SMILES string of the molecule is [AlH3].[CH2]CCCCC.[CH3][Al]([CH3])[Cl]. The summed E-state index contributed by atoms with van der Waals surface area (Å²) in [5.74, 6) is 4.14. The second kappa shape index (κ2) is 17.4. The van der Waals surface area contributed by atoms with E-state index in [9.17, 15) is 0 Å². The first-order chi connectivity index (χ1) is 4.65. The highest BCUT2D eigenvalue weighted by molar-refractivity contribution is 7.05. The largest absolute Gasteiger partial charge is 0.393 e. The van der Waals surface area contributed by atoms with Crippen molar-refractivity contribution in [2.75, 3.05) is 0 Å². The Kier molecular flexibility index (Phi) is 28.9. The van der Waals surface area contributed by atoms with Crippen molar-refractivity contribution in [3.8, 4) is 0 Å². The van der Waals surface area contributed by atoms with Gasteiger partial charge in [-0.05, 0) is 0 Å². The van der Waals surface area contributed by atoms with Gasteiger partial charge in [-0.2, -0.15) is 0 Å². The molecule has 0 amide bonds. The molecule has 0 spiro atoms. The molecule has 0 rings (SSSR count). The van der Waals surface area contributed by atoms with E-state index < -0.39 is 13.2 Å². The highest BCUT2D eigenvalue weighted by atomic mass is 35.6. The quantitative estimate of drug-likeness (QED) is 0.493. The van der Waals surface area contributed by atoms with E-state index in [1.807, 2.05) is 0 Å². The van der Waals surface area contributed by atoms with E-state index in [4.69, 9.17) is 10.0 Å². The van der Waals surface area contributed by atoms with Crippen LogP contribution in [0.25, 0.3) is 0 Å². The molecule has 0 aliphatic rings. The Morgan fingerprint density at radius 2 is 1.64 bits per heavy atom. The highest BCUT2D eigenvalue weighted by Gasteiger charge is 1.88. The average molecular weight is 208 g/mol. The number of halogens is 1. The number of rotatable bonds is 3. The maximum absolute atomic E-state index is 5.41. The summed E-state index contributed by atoms with van der Waals surface area (Å²) < 4.78 is 0. The molecule has 1 radical (unpaired) electrons. The van der Waals surface area contributed by atoms with E-state index in [2.05, 4.69) is 25.4 Å². The van der Waals surface area contributed by atoms with Crippen molar-refractivity contribution >= 4 is 40.6 Å². The van der Waals surface area contributed by atoms with Gasteiger partial charge in [0.2, 0.25) is 0 Å². The minimum absolute atomic E-state index is 0. The third-order valence-electron chi connectivity index (χ3n) is 0.854. The number of hydrogen-bond donors (Lipinski definition) is 0. The molecule has 0 aromatic heterocycles. The molecule has 0 saturated carbocycles. The summed E-state index contributed by atoms with van der Waals surface area (Å²) in [5.41, 5.74) is 0. The first-order valence-corrected chi connectivity index (χ1v) is 8.14. The Labute approximate surface area is 91.4 Å². The van der Waals surface area contributed by atoms with Crippen molar-refractivity contribution in [1.82, 2.24) is 0 Å². The van der Waals surface area contributed by atoms with Gasteiger partial charge in [-0.3, -0.25) is 10.0 Å². The molecule has 0 saturated heterocycles. The third kappa shape index (κ3) is 52.4. The van der Waals surface area contributed by atoms with Crippen molar-refractivity contribution in [1.29, 1.82) is 0 Å². The molecule has 0 aromatic rings. The normalized spacial score (nSPS) is 7.36. The zero-order valence-electron chi connectivity index (χ0n) is 7.49. The Morgan fingerprint density at radius 3 is 1.73 bits per heavy atom. The van der Waals surface area contributed by atoms with Gasteiger partial charge >= 0.3 is 13.2 Å². The molecule has 0 atom stereocenters. The van der Waals surface area contributed by atoms with Gasteiger partial charge in [0.1, 0.15) is 0 Å². The minimum Gasteiger partial charge on any atom is -0.262 e. The van der Waals surface area contributed by atoms with E-state index in [1.165, 1.54) is 19.3 Å². The first-order valence-electron chi connectivity index (χ1n) is 4.08. The molecule has 11 heavy (non-hydrogen) atoms. The fourth-order valence-electron chi connectivity index (χ4n) is 0.427. The molecule has 0 N–H and O–H groups in total. The second-order valence-corrected chi connectivity index (χ2v) is 7.22. The molecular weight excluding hydrogens is 186 g/mol. The molecular formula is C8H22Al2Cl. The lowest BCUT2D eigenvalue weighted by Crippen LogP contribution is -1.78. The van der Waals surface area contributed by atoms with E-state index >= 15 is 0 Å². The van der Waals surface area contributed by atoms with E-state index in [0.717, 1.165) is 6.42 Å². The molecule has 0 aromatic carbocycles. The van der Waals surface area contributed by atoms with Crippen LogP contribution in [0.2, 0.25) is 11.6 Å². The van der Waals surface area contributed by atoms with Gasteiger partial charge in [0.15, 0.2) is 17.4 Å². The van der Waals surface area contributed by atoms with E-state index in [1.54, 1.807) is 0 Å². The van der Waals surface area contributed by atoms with Crippen LogP contribution >= 0.6 is 10.0 Å². The van der Waals surface area contributed by atoms with E-state index in [0.29, 0.717) is 0 Å². The van der Waals surface area contributed by atoms with Crippen molar-refractivity contribution < 1.29 is 0 Å². The van der Waals surface area contributed by atoms with E-state index in [-0.39, 0.29) is 17.4 Å². The lowest BCUT2D eigenvalue weighted by molar-refractivity contribution is 0.728. The van der Waals surface area contributed by atoms with Crippen LogP contribution in [0.3, 0.4) is 0 Å². The van der Waals surface area contributed by atoms with Gasteiger partial charge in [-0.25, -0.2) is 0 Å². The summed E-state index contributed by atoms with van der Waals surface area (Å²) in [5, 5.41) is 0. The molecule has 0 nitrogen and oxygen atoms in total. The van der Waals surface area contributed by atoms with Crippen molar-refractivity contribution in [2.45, 2.75) is 44.2 Å². The van der Waals surface area contributed by atoms with Crippen molar-refractivity contribution in [3.63, 3.8) is 0 Å². The van der Waals surface area contributed by atoms with Crippen LogP contribution in [-0.4, -0.2) is 30.6 Å². The minimum atomic E-state index is -0.667. The molecule has 3 heteroatoms. The first kappa shape index (κ1) is 18.2. The average Bonchev–Trinajstić information content (AvgIpc) is 1.82. The van der Waals surface area contributed by atoms with Crippen LogP contribution in [0.1, 0.15) is 32.6 Å². The van der Waals surface area contributed by atoms with Crippen LogP contribution < -0.4 is 0 Å². The molecule has 0 unspecified atom stereocenters. The summed E-state index contributed by atoms with van der Waals surface area (Å²) in [4.78, 5) is 0. The number of hydrogen-bond acceptors (Lipinski definition) is 0. The van der Waals surface area contributed by atoms with Gasteiger partial charge in [0.25, 0.3) is 0 Å². The predicted octanol–water partition coefficient (Wildman–Crippen LogP) is 2.69.